The smallest absolute Gasteiger partial charge is 0.416 e. The quantitative estimate of drug-likeness (QED) is 0.383. The van der Waals surface area contributed by atoms with Crippen molar-refractivity contribution in [2.75, 3.05) is 13.1 Å². The predicted octanol–water partition coefficient (Wildman–Crippen LogP) is 6.38. The summed E-state index contributed by atoms with van der Waals surface area (Å²) in [5.41, 5.74) is 1.31. The van der Waals surface area contributed by atoms with Gasteiger partial charge in [0.2, 0.25) is 0 Å². The molecule has 0 N–H and O–H groups in total. The van der Waals surface area contributed by atoms with Gasteiger partial charge >= 0.3 is 12.3 Å². The van der Waals surface area contributed by atoms with Crippen molar-refractivity contribution in [3.63, 3.8) is 0 Å². The normalized spacial score (nSPS) is 21.3. The Bertz CT molecular complexity index is 963. The maximum absolute atomic E-state index is 13.0. The summed E-state index contributed by atoms with van der Waals surface area (Å²) in [6.45, 7) is 6.70. The summed E-state index contributed by atoms with van der Waals surface area (Å²) in [5, 5.41) is 0. The Hall–Kier alpha value is -1.78. The number of allylic oxidation sites excluding steroid dienone is 2. The lowest BCUT2D eigenvalue weighted by molar-refractivity contribution is -0.137. The van der Waals surface area contributed by atoms with Crippen LogP contribution in [-0.4, -0.2) is 44.5 Å². The molecule has 1 amide bonds. The number of aryl methyl sites for hydroxylation is 1. The number of aliphatic imine (C=N–C) groups is 1. The molecule has 0 spiro atoms. The lowest BCUT2D eigenvalue weighted by Crippen LogP contribution is -2.48. The molecule has 1 aliphatic carbocycles. The molecule has 9 heteroatoms. The Morgan fingerprint density at radius 2 is 1.79 bits per heavy atom. The van der Waals surface area contributed by atoms with Crippen molar-refractivity contribution in [2.24, 2.45) is 10.9 Å². The number of amides is 1. The Morgan fingerprint density at radius 1 is 1.12 bits per heavy atom. The van der Waals surface area contributed by atoms with E-state index in [-0.39, 0.29) is 6.17 Å². The van der Waals surface area contributed by atoms with E-state index in [2.05, 4.69) is 27.5 Å². The van der Waals surface area contributed by atoms with E-state index in [9.17, 15) is 18.0 Å². The molecule has 5 nitrogen and oxygen atoms in total. The molecule has 2 heterocycles. The van der Waals surface area contributed by atoms with Crippen LogP contribution in [0.5, 0.6) is 0 Å². The first-order valence-corrected chi connectivity index (χ1v) is 12.4. The highest BCUT2D eigenvalue weighted by molar-refractivity contribution is 14.1. The molecule has 33 heavy (non-hydrogen) atoms. The Kier molecular flexibility index (Phi) is 6.72. The van der Waals surface area contributed by atoms with Gasteiger partial charge in [0, 0.05) is 13.1 Å². The number of benzene rings is 1. The summed E-state index contributed by atoms with van der Waals surface area (Å²) in [4.78, 5) is 21.9. The average Bonchev–Trinajstić information content (AvgIpc) is 3.47. The minimum atomic E-state index is -4.35. The van der Waals surface area contributed by atoms with Gasteiger partial charge in [-0.3, -0.25) is 9.89 Å². The van der Waals surface area contributed by atoms with Crippen LogP contribution in [0.15, 0.2) is 40.7 Å². The molecule has 1 saturated carbocycles. The second-order valence-corrected chi connectivity index (χ2v) is 10.9. The van der Waals surface area contributed by atoms with Crippen LogP contribution in [0, 0.1) is 5.92 Å². The van der Waals surface area contributed by atoms with Gasteiger partial charge in [-0.2, -0.15) is 13.2 Å². The standard InChI is InChI=1S/C24H29F3IN3O2/c1-23(2,3)33-22(32)30-12-13-31-19(14-16-4-5-16)29-21(28)20(31)18(30)11-8-15-6-9-17(10-7-15)24(25,26)27/h6-7,9-10,16,19H,4-5,8,11-14H2,1-3H3. The van der Waals surface area contributed by atoms with Gasteiger partial charge in [-0.1, -0.05) is 25.0 Å². The molecule has 0 saturated heterocycles. The number of carbonyl (C=O) groups is 1. The van der Waals surface area contributed by atoms with E-state index >= 15 is 0 Å². The van der Waals surface area contributed by atoms with Crippen molar-refractivity contribution >= 4 is 32.4 Å². The average molecular weight is 575 g/mol. The topological polar surface area (TPSA) is 45.1 Å². The number of carbonyl (C=O) groups excluding carboxylic acids is 1. The zero-order valence-corrected chi connectivity index (χ0v) is 21.2. The molecule has 1 aromatic rings. The van der Waals surface area contributed by atoms with Crippen molar-refractivity contribution < 1.29 is 22.7 Å². The largest absolute Gasteiger partial charge is 0.443 e. The van der Waals surface area contributed by atoms with E-state index in [1.807, 2.05) is 20.8 Å². The minimum Gasteiger partial charge on any atom is -0.443 e. The maximum atomic E-state index is 13.0. The fourth-order valence-corrected chi connectivity index (χ4v) is 5.21. The van der Waals surface area contributed by atoms with Crippen LogP contribution in [0.3, 0.4) is 0 Å². The maximum Gasteiger partial charge on any atom is 0.416 e. The fraction of sp³-hybridized carbons (Fsp3) is 0.583. The first-order valence-electron chi connectivity index (χ1n) is 11.3. The highest BCUT2D eigenvalue weighted by Gasteiger charge is 2.41. The summed E-state index contributed by atoms with van der Waals surface area (Å²) in [7, 11) is 0. The second-order valence-electron chi connectivity index (χ2n) is 9.89. The van der Waals surface area contributed by atoms with Crippen molar-refractivity contribution in [2.45, 2.75) is 70.8 Å². The summed E-state index contributed by atoms with van der Waals surface area (Å²) in [5.74, 6) is 0.724. The van der Waals surface area contributed by atoms with Crippen LogP contribution in [0.25, 0.3) is 0 Å². The molecule has 2 aliphatic heterocycles. The number of ether oxygens (including phenoxy) is 1. The molecule has 0 radical (unpaired) electrons. The molecule has 0 bridgehead atoms. The lowest BCUT2D eigenvalue weighted by Gasteiger charge is -2.39. The molecular weight excluding hydrogens is 546 g/mol. The predicted molar refractivity (Wildman–Crippen MR) is 129 cm³/mol. The van der Waals surface area contributed by atoms with Crippen molar-refractivity contribution in [3.8, 4) is 0 Å². The number of alkyl halides is 3. The van der Waals surface area contributed by atoms with Gasteiger partial charge in [-0.05, 0) is 86.2 Å². The van der Waals surface area contributed by atoms with E-state index in [0.29, 0.717) is 25.9 Å². The zero-order chi connectivity index (χ0) is 24.0. The number of hydrogen-bond acceptors (Lipinski definition) is 4. The van der Waals surface area contributed by atoms with Gasteiger partial charge in [0.25, 0.3) is 0 Å². The highest BCUT2D eigenvalue weighted by atomic mass is 127. The van der Waals surface area contributed by atoms with Crippen LogP contribution in [0.1, 0.15) is 57.6 Å². The highest BCUT2D eigenvalue weighted by Crippen LogP contribution is 2.41. The van der Waals surface area contributed by atoms with E-state index in [0.717, 1.165) is 45.1 Å². The summed E-state index contributed by atoms with van der Waals surface area (Å²) >= 11 is 2.24. The number of hydrogen-bond donors (Lipinski definition) is 0. The molecule has 180 valence electrons. The van der Waals surface area contributed by atoms with Gasteiger partial charge in [0.05, 0.1) is 17.0 Å². The van der Waals surface area contributed by atoms with Gasteiger partial charge in [-0.15, -0.1) is 0 Å². The number of nitrogens with zero attached hydrogens (tertiary/aromatic N) is 3. The summed E-state index contributed by atoms with van der Waals surface area (Å²) < 4.78 is 45.3. The fourth-order valence-electron chi connectivity index (χ4n) is 4.27. The Morgan fingerprint density at radius 3 is 2.36 bits per heavy atom. The van der Waals surface area contributed by atoms with Crippen LogP contribution < -0.4 is 0 Å². The molecule has 1 atom stereocenters. The van der Waals surface area contributed by atoms with Crippen molar-refractivity contribution in [1.29, 1.82) is 0 Å². The van der Waals surface area contributed by atoms with Crippen LogP contribution >= 0.6 is 22.6 Å². The van der Waals surface area contributed by atoms with E-state index in [1.54, 1.807) is 4.90 Å². The molecular formula is C24H29F3IN3O2. The third-order valence-electron chi connectivity index (χ3n) is 6.06. The minimum absolute atomic E-state index is 0.0984. The molecule has 0 aromatic heterocycles. The van der Waals surface area contributed by atoms with E-state index in [4.69, 9.17) is 9.73 Å². The van der Waals surface area contributed by atoms with Crippen LogP contribution in [-0.2, 0) is 17.3 Å². The Balaban J connectivity index is 1.59. The van der Waals surface area contributed by atoms with Crippen LogP contribution in [0.4, 0.5) is 18.0 Å². The summed E-state index contributed by atoms with van der Waals surface area (Å²) in [6, 6.07) is 5.24. The van der Waals surface area contributed by atoms with Crippen molar-refractivity contribution in [3.05, 3.63) is 46.8 Å². The number of halogens is 4. The third kappa shape index (κ3) is 5.84. The zero-order valence-electron chi connectivity index (χ0n) is 19.1. The third-order valence-corrected chi connectivity index (χ3v) is 6.84. The monoisotopic (exact) mass is 575 g/mol. The molecule has 1 aromatic carbocycles. The number of rotatable bonds is 5. The lowest BCUT2D eigenvalue weighted by atomic mass is 10.0. The van der Waals surface area contributed by atoms with Gasteiger partial charge in [0.1, 0.15) is 15.5 Å². The van der Waals surface area contributed by atoms with E-state index < -0.39 is 23.4 Å². The van der Waals surface area contributed by atoms with Gasteiger partial charge < -0.3 is 9.64 Å². The van der Waals surface area contributed by atoms with Crippen molar-refractivity contribution in [1.82, 2.24) is 9.80 Å². The first kappa shape index (κ1) is 24.3. The van der Waals surface area contributed by atoms with Gasteiger partial charge in [0.15, 0.2) is 0 Å². The van der Waals surface area contributed by atoms with Crippen LogP contribution in [0.2, 0.25) is 0 Å². The number of fused-ring (bicyclic) bond motifs is 1. The van der Waals surface area contributed by atoms with Gasteiger partial charge in [-0.25, -0.2) is 4.79 Å². The molecule has 3 aliphatic rings. The van der Waals surface area contributed by atoms with E-state index in [1.165, 1.54) is 25.0 Å². The second kappa shape index (κ2) is 9.11. The Labute approximate surface area is 206 Å². The molecule has 1 fully saturated rings. The first-order chi connectivity index (χ1) is 15.4. The summed E-state index contributed by atoms with van der Waals surface area (Å²) in [6.07, 6.45) is -0.105. The molecule has 4 rings (SSSR count). The SMILES string of the molecule is CC(C)(C)OC(=O)N1CCN2C(=C1CCc1ccc(C(F)(F)F)cc1)C(I)=NC2CC1CC1. The molecule has 1 unspecified atom stereocenters.